The molecule has 2 N–H and O–H groups in total. The van der Waals surface area contributed by atoms with Gasteiger partial charge in [-0.05, 0) is 18.1 Å². The summed E-state index contributed by atoms with van der Waals surface area (Å²) in [4.78, 5) is 11.0. The van der Waals surface area contributed by atoms with E-state index in [2.05, 4.69) is 5.32 Å². The number of carboxylic acids is 1. The molecular formula is C11H13NO2. The Morgan fingerprint density at radius 1 is 1.43 bits per heavy atom. The van der Waals surface area contributed by atoms with Gasteiger partial charge in [0.25, 0.3) is 0 Å². The normalized spacial score (nSPS) is 25.5. The Bertz CT molecular complexity index is 375. The van der Waals surface area contributed by atoms with Crippen molar-refractivity contribution < 1.29 is 9.90 Å². The highest BCUT2D eigenvalue weighted by molar-refractivity contribution is 5.79. The summed E-state index contributed by atoms with van der Waals surface area (Å²) in [6.07, 6.45) is 0.554. The van der Waals surface area contributed by atoms with E-state index < -0.39 is 11.5 Å². The Morgan fingerprint density at radius 3 is 2.71 bits per heavy atom. The zero-order chi connectivity index (χ0) is 10.2. The first kappa shape index (κ1) is 9.21. The number of carboxylic acid groups (broad SMARTS) is 1. The fourth-order valence-corrected chi connectivity index (χ4v) is 1.79. The predicted molar refractivity (Wildman–Crippen MR) is 53.0 cm³/mol. The van der Waals surface area contributed by atoms with E-state index in [0.717, 1.165) is 5.56 Å². The molecular weight excluding hydrogens is 178 g/mol. The third kappa shape index (κ3) is 1.40. The summed E-state index contributed by atoms with van der Waals surface area (Å²) < 4.78 is 0. The Morgan fingerprint density at radius 2 is 2.07 bits per heavy atom. The Labute approximate surface area is 82.8 Å². The van der Waals surface area contributed by atoms with E-state index in [1.807, 2.05) is 24.3 Å². The average molecular weight is 191 g/mol. The standard InChI is InChI=1S/C11H13NO2/c1-11(10(13)14)6-8-4-2-3-5-9(8)7-12-11/h2-5,12H,6-7H2,1H3,(H,13,14)/t11-/m0/s1. The first-order valence-corrected chi connectivity index (χ1v) is 4.67. The lowest BCUT2D eigenvalue weighted by Crippen LogP contribution is -2.53. The summed E-state index contributed by atoms with van der Waals surface area (Å²) in [7, 11) is 0. The second-order valence-corrected chi connectivity index (χ2v) is 3.94. The van der Waals surface area contributed by atoms with Crippen molar-refractivity contribution >= 4 is 5.97 Å². The van der Waals surface area contributed by atoms with Crippen LogP contribution in [0.4, 0.5) is 0 Å². The van der Waals surface area contributed by atoms with Crippen molar-refractivity contribution in [3.05, 3.63) is 35.4 Å². The molecule has 0 saturated heterocycles. The van der Waals surface area contributed by atoms with Gasteiger partial charge in [0.15, 0.2) is 0 Å². The maximum Gasteiger partial charge on any atom is 0.323 e. The van der Waals surface area contributed by atoms with Crippen molar-refractivity contribution in [3.63, 3.8) is 0 Å². The molecule has 0 unspecified atom stereocenters. The van der Waals surface area contributed by atoms with Gasteiger partial charge in [0.1, 0.15) is 5.54 Å². The summed E-state index contributed by atoms with van der Waals surface area (Å²) in [5.74, 6) is -0.785. The minimum atomic E-state index is -0.811. The van der Waals surface area contributed by atoms with Crippen molar-refractivity contribution in [2.24, 2.45) is 0 Å². The largest absolute Gasteiger partial charge is 0.480 e. The number of fused-ring (bicyclic) bond motifs is 1. The topological polar surface area (TPSA) is 49.3 Å². The number of carbonyl (C=O) groups is 1. The van der Waals surface area contributed by atoms with Gasteiger partial charge in [-0.25, -0.2) is 0 Å². The van der Waals surface area contributed by atoms with Gasteiger partial charge in [-0.2, -0.15) is 0 Å². The van der Waals surface area contributed by atoms with Crippen LogP contribution in [0.1, 0.15) is 18.1 Å². The third-order valence-corrected chi connectivity index (χ3v) is 2.80. The minimum absolute atomic E-state index is 0.554. The number of aliphatic carboxylic acids is 1. The maximum absolute atomic E-state index is 11.0. The Kier molecular flexibility index (Phi) is 2.04. The predicted octanol–water partition coefficient (Wildman–Crippen LogP) is 1.18. The number of benzene rings is 1. The smallest absolute Gasteiger partial charge is 0.323 e. The van der Waals surface area contributed by atoms with E-state index in [9.17, 15) is 4.79 Å². The van der Waals surface area contributed by atoms with Crippen molar-refractivity contribution in [1.82, 2.24) is 5.32 Å². The van der Waals surface area contributed by atoms with Gasteiger partial charge in [-0.1, -0.05) is 24.3 Å². The SMILES string of the molecule is C[C@@]1(C(=O)O)Cc2ccccc2CN1. The van der Waals surface area contributed by atoms with E-state index in [-0.39, 0.29) is 0 Å². The van der Waals surface area contributed by atoms with Crippen LogP contribution in [0.2, 0.25) is 0 Å². The monoisotopic (exact) mass is 191 g/mol. The van der Waals surface area contributed by atoms with E-state index in [4.69, 9.17) is 5.11 Å². The van der Waals surface area contributed by atoms with Crippen LogP contribution in [0, 0.1) is 0 Å². The molecule has 0 radical (unpaired) electrons. The van der Waals surface area contributed by atoms with Crippen LogP contribution in [0.5, 0.6) is 0 Å². The van der Waals surface area contributed by atoms with Crippen molar-refractivity contribution in [1.29, 1.82) is 0 Å². The lowest BCUT2D eigenvalue weighted by Gasteiger charge is -2.32. The summed E-state index contributed by atoms with van der Waals surface area (Å²) in [5, 5.41) is 12.1. The van der Waals surface area contributed by atoms with Gasteiger partial charge in [-0.15, -0.1) is 0 Å². The Balaban J connectivity index is 2.34. The van der Waals surface area contributed by atoms with E-state index in [1.165, 1.54) is 5.56 Å². The fraction of sp³-hybridized carbons (Fsp3) is 0.364. The Hall–Kier alpha value is -1.35. The molecule has 1 heterocycles. The highest BCUT2D eigenvalue weighted by Crippen LogP contribution is 2.22. The van der Waals surface area contributed by atoms with Crippen molar-refractivity contribution in [2.45, 2.75) is 25.4 Å². The molecule has 14 heavy (non-hydrogen) atoms. The molecule has 1 aliphatic rings. The molecule has 1 aliphatic heterocycles. The first-order valence-electron chi connectivity index (χ1n) is 4.67. The molecule has 0 fully saturated rings. The van der Waals surface area contributed by atoms with E-state index in [1.54, 1.807) is 6.92 Å². The highest BCUT2D eigenvalue weighted by atomic mass is 16.4. The van der Waals surface area contributed by atoms with Crippen molar-refractivity contribution in [3.8, 4) is 0 Å². The fourth-order valence-electron chi connectivity index (χ4n) is 1.79. The first-order chi connectivity index (χ1) is 6.62. The molecule has 0 aromatic heterocycles. The molecule has 0 amide bonds. The summed E-state index contributed by atoms with van der Waals surface area (Å²) in [6, 6.07) is 7.96. The van der Waals surface area contributed by atoms with Gasteiger partial charge in [-0.3, -0.25) is 10.1 Å². The van der Waals surface area contributed by atoms with E-state index in [0.29, 0.717) is 13.0 Å². The lowest BCUT2D eigenvalue weighted by atomic mass is 9.86. The summed E-state index contributed by atoms with van der Waals surface area (Å²) in [6.45, 7) is 2.37. The van der Waals surface area contributed by atoms with Crippen molar-refractivity contribution in [2.75, 3.05) is 0 Å². The number of hydrogen-bond acceptors (Lipinski definition) is 2. The minimum Gasteiger partial charge on any atom is -0.480 e. The van der Waals surface area contributed by atoms with Gasteiger partial charge in [0.2, 0.25) is 0 Å². The average Bonchev–Trinajstić information content (AvgIpc) is 2.17. The van der Waals surface area contributed by atoms with Crippen LogP contribution in [-0.2, 0) is 17.8 Å². The molecule has 1 atom stereocenters. The van der Waals surface area contributed by atoms with Crippen LogP contribution < -0.4 is 5.32 Å². The summed E-state index contributed by atoms with van der Waals surface area (Å²) >= 11 is 0. The summed E-state index contributed by atoms with van der Waals surface area (Å²) in [5.41, 5.74) is 1.52. The van der Waals surface area contributed by atoms with Gasteiger partial charge in [0.05, 0.1) is 0 Å². The molecule has 3 heteroatoms. The molecule has 2 rings (SSSR count). The quantitative estimate of drug-likeness (QED) is 0.700. The highest BCUT2D eigenvalue weighted by Gasteiger charge is 2.36. The second-order valence-electron chi connectivity index (χ2n) is 3.94. The molecule has 74 valence electrons. The van der Waals surface area contributed by atoms with Gasteiger partial charge < -0.3 is 5.11 Å². The van der Waals surface area contributed by atoms with Crippen LogP contribution >= 0.6 is 0 Å². The maximum atomic E-state index is 11.0. The number of hydrogen-bond donors (Lipinski definition) is 2. The van der Waals surface area contributed by atoms with Crippen LogP contribution in [0.15, 0.2) is 24.3 Å². The van der Waals surface area contributed by atoms with Gasteiger partial charge >= 0.3 is 5.97 Å². The molecule has 0 saturated carbocycles. The zero-order valence-electron chi connectivity index (χ0n) is 8.08. The van der Waals surface area contributed by atoms with E-state index >= 15 is 0 Å². The molecule has 1 aromatic carbocycles. The molecule has 0 aliphatic carbocycles. The molecule has 3 nitrogen and oxygen atoms in total. The second kappa shape index (κ2) is 3.10. The lowest BCUT2D eigenvalue weighted by molar-refractivity contribution is -0.144. The number of nitrogens with one attached hydrogen (secondary N) is 1. The van der Waals surface area contributed by atoms with Crippen LogP contribution in [0.3, 0.4) is 0 Å². The zero-order valence-corrected chi connectivity index (χ0v) is 8.08. The van der Waals surface area contributed by atoms with Crippen LogP contribution in [-0.4, -0.2) is 16.6 Å². The number of rotatable bonds is 1. The molecule has 1 aromatic rings. The molecule has 0 bridgehead atoms. The third-order valence-electron chi connectivity index (χ3n) is 2.80. The molecule has 0 spiro atoms. The van der Waals surface area contributed by atoms with Crippen LogP contribution in [0.25, 0.3) is 0 Å². The van der Waals surface area contributed by atoms with Gasteiger partial charge in [0, 0.05) is 13.0 Å².